The summed E-state index contributed by atoms with van der Waals surface area (Å²) in [4.78, 5) is 12.2. The van der Waals surface area contributed by atoms with E-state index in [0.717, 1.165) is 22.6 Å². The summed E-state index contributed by atoms with van der Waals surface area (Å²) in [6.07, 6.45) is 0. The lowest BCUT2D eigenvalue weighted by Gasteiger charge is -2.30. The van der Waals surface area contributed by atoms with E-state index in [0.29, 0.717) is 17.3 Å². The number of Topliss-reactive ketones (excluding diaryl/α,β-unsaturated/α-hetero) is 1. The van der Waals surface area contributed by atoms with Crippen LogP contribution >= 0.6 is 12.2 Å². The van der Waals surface area contributed by atoms with E-state index in [1.54, 1.807) is 6.92 Å². The Bertz CT molecular complexity index is 872. The molecule has 1 aliphatic rings. The summed E-state index contributed by atoms with van der Waals surface area (Å²) < 4.78 is 6.08. The van der Waals surface area contributed by atoms with Crippen molar-refractivity contribution < 1.29 is 9.53 Å². The molecule has 3 rings (SSSR count). The van der Waals surface area contributed by atoms with Crippen LogP contribution in [-0.2, 0) is 11.4 Å². The number of nitrogens with one attached hydrogen (secondary N) is 2. The molecule has 0 aliphatic carbocycles. The molecule has 0 amide bonds. The van der Waals surface area contributed by atoms with Gasteiger partial charge in [0.15, 0.2) is 10.9 Å². The number of aryl methyl sites for hydroxylation is 1. The van der Waals surface area contributed by atoms with Crippen LogP contribution < -0.4 is 15.4 Å². The second-order valence-electron chi connectivity index (χ2n) is 6.44. The van der Waals surface area contributed by atoms with Crippen LogP contribution in [0.1, 0.15) is 36.6 Å². The van der Waals surface area contributed by atoms with Crippen LogP contribution in [0.15, 0.2) is 59.8 Å². The molecule has 26 heavy (non-hydrogen) atoms. The maximum atomic E-state index is 12.2. The summed E-state index contributed by atoms with van der Waals surface area (Å²) in [7, 11) is 0. The molecule has 1 atom stereocenters. The Labute approximate surface area is 159 Å². The Kier molecular flexibility index (Phi) is 5.38. The maximum absolute atomic E-state index is 12.2. The van der Waals surface area contributed by atoms with E-state index in [9.17, 15) is 4.79 Å². The van der Waals surface area contributed by atoms with Gasteiger partial charge in [0.25, 0.3) is 0 Å². The molecule has 2 aromatic carbocycles. The standard InChI is InChI=1S/C21H22N2O2S/c1-13-8-10-16(11-9-13)12-25-18-7-5-4-6-17(18)20-19(15(3)24)14(2)22-21(26)23-20/h4-11,20H,12H2,1-3H3,(H2,22,23,26). The zero-order chi connectivity index (χ0) is 18.7. The van der Waals surface area contributed by atoms with Crippen LogP contribution in [0.25, 0.3) is 0 Å². The monoisotopic (exact) mass is 366 g/mol. The SMILES string of the molecule is CC(=O)C1=C(C)NC(=S)NC1c1ccccc1OCc1ccc(C)cc1. The lowest BCUT2D eigenvalue weighted by atomic mass is 9.92. The van der Waals surface area contributed by atoms with E-state index in [2.05, 4.69) is 41.8 Å². The van der Waals surface area contributed by atoms with Crippen molar-refractivity contribution in [3.8, 4) is 5.75 Å². The van der Waals surface area contributed by atoms with Gasteiger partial charge in [0.2, 0.25) is 0 Å². The van der Waals surface area contributed by atoms with Gasteiger partial charge in [-0.3, -0.25) is 4.79 Å². The Morgan fingerprint density at radius 2 is 1.81 bits per heavy atom. The highest BCUT2D eigenvalue weighted by atomic mass is 32.1. The lowest BCUT2D eigenvalue weighted by molar-refractivity contribution is -0.114. The Balaban J connectivity index is 1.90. The van der Waals surface area contributed by atoms with Crippen molar-refractivity contribution >= 4 is 23.1 Å². The predicted octanol–water partition coefficient (Wildman–Crippen LogP) is 3.96. The van der Waals surface area contributed by atoms with Crippen molar-refractivity contribution in [2.75, 3.05) is 0 Å². The van der Waals surface area contributed by atoms with Gasteiger partial charge in [0.05, 0.1) is 6.04 Å². The average Bonchev–Trinajstić information content (AvgIpc) is 2.60. The van der Waals surface area contributed by atoms with Crippen LogP contribution in [0, 0.1) is 6.92 Å². The smallest absolute Gasteiger partial charge is 0.171 e. The summed E-state index contributed by atoms with van der Waals surface area (Å²) in [5.74, 6) is 0.741. The third-order valence-electron chi connectivity index (χ3n) is 4.39. The highest BCUT2D eigenvalue weighted by molar-refractivity contribution is 7.80. The Morgan fingerprint density at radius 1 is 1.12 bits per heavy atom. The van der Waals surface area contributed by atoms with Crippen molar-refractivity contribution in [3.63, 3.8) is 0 Å². The first-order chi connectivity index (χ1) is 12.5. The van der Waals surface area contributed by atoms with Gasteiger partial charge in [-0.2, -0.15) is 0 Å². The fourth-order valence-corrected chi connectivity index (χ4v) is 3.36. The summed E-state index contributed by atoms with van der Waals surface area (Å²) >= 11 is 5.29. The number of thiocarbonyl (C=S) groups is 1. The Morgan fingerprint density at radius 3 is 2.50 bits per heavy atom. The molecular formula is C21H22N2O2S. The molecule has 1 heterocycles. The van der Waals surface area contributed by atoms with Crippen LogP contribution in [0.5, 0.6) is 5.75 Å². The topological polar surface area (TPSA) is 50.4 Å². The minimum atomic E-state index is -0.324. The maximum Gasteiger partial charge on any atom is 0.171 e. The largest absolute Gasteiger partial charge is 0.489 e. The molecule has 0 saturated heterocycles. The number of para-hydroxylation sites is 1. The molecule has 0 aromatic heterocycles. The van der Waals surface area contributed by atoms with Crippen molar-refractivity contribution in [1.29, 1.82) is 0 Å². The number of hydrogen-bond donors (Lipinski definition) is 2. The second kappa shape index (κ2) is 7.70. The molecule has 4 nitrogen and oxygen atoms in total. The highest BCUT2D eigenvalue weighted by Crippen LogP contribution is 2.33. The van der Waals surface area contributed by atoms with E-state index < -0.39 is 0 Å². The quantitative estimate of drug-likeness (QED) is 0.785. The molecule has 1 unspecified atom stereocenters. The zero-order valence-corrected chi connectivity index (χ0v) is 15.9. The van der Waals surface area contributed by atoms with Gasteiger partial charge in [-0.1, -0.05) is 48.0 Å². The number of hydrogen-bond acceptors (Lipinski definition) is 3. The third kappa shape index (κ3) is 3.94. The fraction of sp³-hybridized carbons (Fsp3) is 0.238. The van der Waals surface area contributed by atoms with Gasteiger partial charge in [-0.25, -0.2) is 0 Å². The Hall–Kier alpha value is -2.66. The second-order valence-corrected chi connectivity index (χ2v) is 6.85. The number of rotatable bonds is 5. The average molecular weight is 366 g/mol. The van der Waals surface area contributed by atoms with Gasteiger partial charge < -0.3 is 15.4 Å². The van der Waals surface area contributed by atoms with Gasteiger partial charge in [0.1, 0.15) is 12.4 Å². The number of benzene rings is 2. The van der Waals surface area contributed by atoms with E-state index in [1.165, 1.54) is 5.56 Å². The molecule has 1 aliphatic heterocycles. The number of ether oxygens (including phenoxy) is 1. The molecule has 0 spiro atoms. The van der Waals surface area contributed by atoms with Crippen molar-refractivity contribution in [2.45, 2.75) is 33.4 Å². The van der Waals surface area contributed by atoms with E-state index >= 15 is 0 Å². The van der Waals surface area contributed by atoms with Gasteiger partial charge in [-0.15, -0.1) is 0 Å². The molecule has 0 radical (unpaired) electrons. The summed E-state index contributed by atoms with van der Waals surface area (Å²) in [5, 5.41) is 6.74. The van der Waals surface area contributed by atoms with Crippen molar-refractivity contribution in [1.82, 2.24) is 10.6 Å². The van der Waals surface area contributed by atoms with Crippen LogP contribution in [-0.4, -0.2) is 10.9 Å². The molecular weight excluding hydrogens is 344 g/mol. The molecule has 2 N–H and O–H groups in total. The third-order valence-corrected chi connectivity index (χ3v) is 4.61. The van der Waals surface area contributed by atoms with Gasteiger partial charge in [-0.05, 0) is 44.6 Å². The molecule has 134 valence electrons. The number of carbonyl (C=O) groups excluding carboxylic acids is 1. The fourth-order valence-electron chi connectivity index (χ4n) is 3.09. The van der Waals surface area contributed by atoms with Crippen LogP contribution in [0.3, 0.4) is 0 Å². The minimum absolute atomic E-state index is 0.00309. The summed E-state index contributed by atoms with van der Waals surface area (Å²) in [6, 6.07) is 15.7. The van der Waals surface area contributed by atoms with Crippen molar-refractivity contribution in [3.05, 3.63) is 76.5 Å². The predicted molar refractivity (Wildman–Crippen MR) is 107 cm³/mol. The van der Waals surface area contributed by atoms with Gasteiger partial charge in [0, 0.05) is 16.8 Å². The van der Waals surface area contributed by atoms with Gasteiger partial charge >= 0.3 is 0 Å². The lowest BCUT2D eigenvalue weighted by Crippen LogP contribution is -2.44. The highest BCUT2D eigenvalue weighted by Gasteiger charge is 2.29. The number of carbonyl (C=O) groups is 1. The number of allylic oxidation sites excluding steroid dienone is 1. The molecule has 0 fully saturated rings. The molecule has 5 heteroatoms. The molecule has 0 bridgehead atoms. The zero-order valence-electron chi connectivity index (χ0n) is 15.1. The minimum Gasteiger partial charge on any atom is -0.489 e. The first-order valence-electron chi connectivity index (χ1n) is 8.52. The van der Waals surface area contributed by atoms with Crippen LogP contribution in [0.2, 0.25) is 0 Å². The molecule has 2 aromatic rings. The number of ketones is 1. The van der Waals surface area contributed by atoms with E-state index in [1.807, 2.05) is 31.2 Å². The van der Waals surface area contributed by atoms with Crippen molar-refractivity contribution in [2.24, 2.45) is 0 Å². The van der Waals surface area contributed by atoms with E-state index in [-0.39, 0.29) is 11.8 Å². The normalized spacial score (nSPS) is 16.7. The first kappa shape index (κ1) is 18.1. The molecule has 0 saturated carbocycles. The summed E-state index contributed by atoms with van der Waals surface area (Å²) in [5.41, 5.74) is 4.66. The van der Waals surface area contributed by atoms with Crippen LogP contribution in [0.4, 0.5) is 0 Å². The summed E-state index contributed by atoms with van der Waals surface area (Å²) in [6.45, 7) is 5.96. The van der Waals surface area contributed by atoms with E-state index in [4.69, 9.17) is 17.0 Å². The first-order valence-corrected chi connectivity index (χ1v) is 8.93.